The second-order valence-electron chi connectivity index (χ2n) is 14.8. The molecule has 12 rings (SSSR count). The molecule has 0 amide bonds. The molecule has 0 bridgehead atoms. The fourth-order valence-electron chi connectivity index (χ4n) is 9.10. The zero-order chi connectivity index (χ0) is 37.5. The van der Waals surface area contributed by atoms with Gasteiger partial charge in [-0.05, 0) is 68.4 Å². The first-order valence-electron chi connectivity index (χ1n) is 19.4. The topological polar surface area (TPSA) is 29.5 Å². The molecule has 0 N–H and O–H groups in total. The zero-order valence-corrected chi connectivity index (χ0v) is 30.8. The van der Waals surface area contributed by atoms with Crippen LogP contribution >= 0.6 is 0 Å². The minimum atomic E-state index is 0.827. The molecule has 12 aromatic rings. The lowest BCUT2D eigenvalue weighted by molar-refractivity contribution is 0.669. The first-order valence-corrected chi connectivity index (χ1v) is 19.4. The van der Waals surface area contributed by atoms with Gasteiger partial charge in [-0.2, -0.15) is 0 Å². The van der Waals surface area contributed by atoms with Crippen molar-refractivity contribution in [3.63, 3.8) is 0 Å². The lowest BCUT2D eigenvalue weighted by Crippen LogP contribution is -2.11. The van der Waals surface area contributed by atoms with Gasteiger partial charge in [0.05, 0.1) is 22.4 Å². The number of fused-ring (bicyclic) bond motifs is 10. The summed E-state index contributed by atoms with van der Waals surface area (Å²) in [6, 6.07) is 71.3. The summed E-state index contributed by atoms with van der Waals surface area (Å²) in [7, 11) is 0. The number of benzene rings is 10. The van der Waals surface area contributed by atoms with Crippen LogP contribution < -0.4 is 4.90 Å². The Balaban J connectivity index is 1.21. The average Bonchev–Trinajstić information content (AvgIpc) is 3.87. The standard InChI is InChI=1S/C54H33NO2/c1-2-14-35(15-3-1)39-22-11-25-43-44-26-13-28-49(53(44)57-52(39)43)55(47-27-12-24-40-38-20-7-5-17-36(38)30-31-42(40)47)48-33-32-45(41-23-10-18-34-16-4-6-19-37(34)41)54-51(48)46-21-8-9-29-50(46)56-54/h1-33H. The Morgan fingerprint density at radius 3 is 1.75 bits per heavy atom. The van der Waals surface area contributed by atoms with Gasteiger partial charge in [0, 0.05) is 32.7 Å². The van der Waals surface area contributed by atoms with E-state index >= 15 is 0 Å². The summed E-state index contributed by atoms with van der Waals surface area (Å²) in [6.45, 7) is 0. The second kappa shape index (κ2) is 12.5. The summed E-state index contributed by atoms with van der Waals surface area (Å²) in [4.78, 5) is 2.40. The van der Waals surface area contributed by atoms with Gasteiger partial charge in [0.25, 0.3) is 0 Å². The van der Waals surface area contributed by atoms with E-state index in [0.717, 1.165) is 88.6 Å². The van der Waals surface area contributed by atoms with Crippen molar-refractivity contribution in [1.29, 1.82) is 0 Å². The maximum Gasteiger partial charge on any atom is 0.159 e. The third kappa shape index (κ3) is 4.79. The first kappa shape index (κ1) is 31.7. The van der Waals surface area contributed by atoms with Crippen molar-refractivity contribution >= 4 is 93.3 Å². The molecule has 3 heteroatoms. The second-order valence-corrected chi connectivity index (χ2v) is 14.8. The molecule has 0 aliphatic heterocycles. The van der Waals surface area contributed by atoms with Gasteiger partial charge in [0.1, 0.15) is 16.7 Å². The lowest BCUT2D eigenvalue weighted by Gasteiger charge is -2.28. The Morgan fingerprint density at radius 1 is 0.281 bits per heavy atom. The summed E-state index contributed by atoms with van der Waals surface area (Å²) in [5.74, 6) is 0. The highest BCUT2D eigenvalue weighted by Crippen LogP contribution is 2.51. The fourth-order valence-corrected chi connectivity index (χ4v) is 9.10. The van der Waals surface area contributed by atoms with Gasteiger partial charge in [0.15, 0.2) is 5.58 Å². The number of anilines is 3. The molecule has 0 radical (unpaired) electrons. The Bertz CT molecular complexity index is 3530. The number of nitrogens with zero attached hydrogens (tertiary/aromatic N) is 1. The molecular formula is C54H33NO2. The van der Waals surface area contributed by atoms with E-state index in [1.165, 1.54) is 26.9 Å². The van der Waals surface area contributed by atoms with Crippen LogP contribution in [0.15, 0.2) is 209 Å². The van der Waals surface area contributed by atoms with E-state index in [4.69, 9.17) is 8.83 Å². The molecule has 0 spiro atoms. The molecule has 3 nitrogen and oxygen atoms in total. The predicted octanol–water partition coefficient (Wildman–Crippen LogP) is 15.7. The van der Waals surface area contributed by atoms with Crippen LogP contribution in [0.3, 0.4) is 0 Å². The van der Waals surface area contributed by atoms with E-state index in [2.05, 4.69) is 205 Å². The van der Waals surface area contributed by atoms with Crippen molar-refractivity contribution in [3.05, 3.63) is 200 Å². The fraction of sp³-hybridized carbons (Fsp3) is 0. The predicted molar refractivity (Wildman–Crippen MR) is 239 cm³/mol. The molecule has 57 heavy (non-hydrogen) atoms. The third-order valence-electron chi connectivity index (χ3n) is 11.7. The minimum Gasteiger partial charge on any atom is -0.455 e. The van der Waals surface area contributed by atoms with Gasteiger partial charge in [-0.3, -0.25) is 0 Å². The molecule has 0 aliphatic rings. The van der Waals surface area contributed by atoms with Crippen LogP contribution in [0, 0.1) is 0 Å². The highest BCUT2D eigenvalue weighted by Gasteiger charge is 2.27. The summed E-state index contributed by atoms with van der Waals surface area (Å²) in [5.41, 5.74) is 10.8. The largest absolute Gasteiger partial charge is 0.455 e. The molecule has 0 fully saturated rings. The highest BCUT2D eigenvalue weighted by atomic mass is 16.3. The lowest BCUT2D eigenvalue weighted by atomic mass is 9.95. The summed E-state index contributed by atoms with van der Waals surface area (Å²) in [6.07, 6.45) is 0. The molecule has 10 aromatic carbocycles. The van der Waals surface area contributed by atoms with E-state index in [9.17, 15) is 0 Å². The molecule has 0 saturated carbocycles. The molecular weight excluding hydrogens is 695 g/mol. The Labute approximate surface area is 328 Å². The van der Waals surface area contributed by atoms with Gasteiger partial charge >= 0.3 is 0 Å². The summed E-state index contributed by atoms with van der Waals surface area (Å²) >= 11 is 0. The Kier molecular flexibility index (Phi) is 6.93. The highest BCUT2D eigenvalue weighted by molar-refractivity contribution is 6.22. The van der Waals surface area contributed by atoms with Crippen LogP contribution in [0.4, 0.5) is 17.1 Å². The van der Waals surface area contributed by atoms with E-state index in [1.54, 1.807) is 0 Å². The van der Waals surface area contributed by atoms with Crippen LogP contribution in [0.5, 0.6) is 0 Å². The average molecular weight is 728 g/mol. The van der Waals surface area contributed by atoms with Gasteiger partial charge in [-0.1, -0.05) is 170 Å². The number of furan rings is 2. The molecule has 2 aromatic heterocycles. The first-order chi connectivity index (χ1) is 28.3. The molecule has 0 atom stereocenters. The van der Waals surface area contributed by atoms with Gasteiger partial charge in [0.2, 0.25) is 0 Å². The van der Waals surface area contributed by atoms with E-state index in [-0.39, 0.29) is 0 Å². The van der Waals surface area contributed by atoms with Crippen LogP contribution in [0.1, 0.15) is 0 Å². The number of para-hydroxylation sites is 3. The van der Waals surface area contributed by atoms with E-state index < -0.39 is 0 Å². The van der Waals surface area contributed by atoms with E-state index in [1.807, 2.05) is 0 Å². The van der Waals surface area contributed by atoms with Crippen LogP contribution in [-0.2, 0) is 0 Å². The van der Waals surface area contributed by atoms with Gasteiger partial charge in [-0.15, -0.1) is 0 Å². The SMILES string of the molecule is c1ccc(-c2cccc3c2oc2c(N(c4cccc5c4ccc4ccccc45)c4ccc(-c5cccc6ccccc56)c5oc6ccccc6c45)cccc23)cc1. The van der Waals surface area contributed by atoms with Crippen molar-refractivity contribution in [2.24, 2.45) is 0 Å². The minimum absolute atomic E-state index is 0.827. The molecule has 0 aliphatic carbocycles. The van der Waals surface area contributed by atoms with E-state index in [0.29, 0.717) is 0 Å². The zero-order valence-electron chi connectivity index (χ0n) is 30.8. The van der Waals surface area contributed by atoms with Crippen molar-refractivity contribution < 1.29 is 8.83 Å². The quantitative estimate of drug-likeness (QED) is 0.165. The maximum absolute atomic E-state index is 7.13. The summed E-state index contributed by atoms with van der Waals surface area (Å²) in [5, 5.41) is 11.4. The monoisotopic (exact) mass is 727 g/mol. The Hall–Kier alpha value is -7.62. The van der Waals surface area contributed by atoms with Crippen LogP contribution in [0.25, 0.3) is 98.4 Å². The number of hydrogen-bond donors (Lipinski definition) is 0. The van der Waals surface area contributed by atoms with Crippen molar-refractivity contribution in [2.75, 3.05) is 4.90 Å². The molecule has 2 heterocycles. The molecule has 0 unspecified atom stereocenters. The smallest absolute Gasteiger partial charge is 0.159 e. The molecule has 0 saturated heterocycles. The van der Waals surface area contributed by atoms with Crippen molar-refractivity contribution in [1.82, 2.24) is 0 Å². The van der Waals surface area contributed by atoms with Gasteiger partial charge < -0.3 is 13.7 Å². The Morgan fingerprint density at radius 2 is 0.895 bits per heavy atom. The molecule has 266 valence electrons. The van der Waals surface area contributed by atoms with Crippen LogP contribution in [0.2, 0.25) is 0 Å². The maximum atomic E-state index is 7.13. The van der Waals surface area contributed by atoms with Gasteiger partial charge in [-0.25, -0.2) is 0 Å². The summed E-state index contributed by atoms with van der Waals surface area (Å²) < 4.78 is 14.1. The number of hydrogen-bond acceptors (Lipinski definition) is 3. The van der Waals surface area contributed by atoms with Crippen LogP contribution in [-0.4, -0.2) is 0 Å². The van der Waals surface area contributed by atoms with Crippen molar-refractivity contribution in [2.45, 2.75) is 0 Å². The third-order valence-corrected chi connectivity index (χ3v) is 11.7. The normalized spacial score (nSPS) is 11.9. The number of rotatable bonds is 5. The van der Waals surface area contributed by atoms with Crippen molar-refractivity contribution in [3.8, 4) is 22.3 Å².